The lowest BCUT2D eigenvalue weighted by atomic mass is 10.0. The van der Waals surface area contributed by atoms with Gasteiger partial charge in [-0.3, -0.25) is 9.59 Å². The van der Waals surface area contributed by atoms with E-state index in [-0.39, 0.29) is 31.2 Å². The van der Waals surface area contributed by atoms with Gasteiger partial charge in [-0.1, -0.05) is 25.0 Å². The summed E-state index contributed by atoms with van der Waals surface area (Å²) in [4.78, 5) is 27.4. The predicted molar refractivity (Wildman–Crippen MR) is 111 cm³/mol. The largest absolute Gasteiger partial charge is 0.497 e. The smallest absolute Gasteiger partial charge is 0.251 e. The summed E-state index contributed by atoms with van der Waals surface area (Å²) in [6.07, 6.45) is 4.05. The first-order valence-electron chi connectivity index (χ1n) is 10.3. The molecule has 30 heavy (non-hydrogen) atoms. The number of carbonyl (C=O) groups excluding carboxylic acids is 2. The number of likely N-dealkylation sites (tertiary alicyclic amines) is 1. The van der Waals surface area contributed by atoms with Gasteiger partial charge in [0.1, 0.15) is 5.75 Å². The molecule has 158 valence electrons. The van der Waals surface area contributed by atoms with Gasteiger partial charge in [-0.2, -0.15) is 0 Å². The molecule has 2 aliphatic rings. The summed E-state index contributed by atoms with van der Waals surface area (Å²) < 4.78 is 15.8. The summed E-state index contributed by atoms with van der Waals surface area (Å²) in [5.41, 5.74) is 1.53. The molecule has 0 aromatic heterocycles. The zero-order chi connectivity index (χ0) is 20.9. The van der Waals surface area contributed by atoms with E-state index in [2.05, 4.69) is 5.32 Å². The number of hydrogen-bond donors (Lipinski definition) is 1. The van der Waals surface area contributed by atoms with Gasteiger partial charge in [0.25, 0.3) is 5.91 Å². The van der Waals surface area contributed by atoms with Gasteiger partial charge in [-0.25, -0.2) is 0 Å². The molecule has 0 spiro atoms. The van der Waals surface area contributed by atoms with Crippen molar-refractivity contribution in [2.75, 3.05) is 27.0 Å². The van der Waals surface area contributed by atoms with Crippen LogP contribution in [-0.2, 0) is 4.79 Å². The molecule has 1 fully saturated rings. The van der Waals surface area contributed by atoms with Gasteiger partial charge in [-0.05, 0) is 48.7 Å². The Morgan fingerprint density at radius 3 is 2.67 bits per heavy atom. The van der Waals surface area contributed by atoms with E-state index >= 15 is 0 Å². The molecule has 2 amide bonds. The summed E-state index contributed by atoms with van der Waals surface area (Å²) in [7, 11) is 1.64. The van der Waals surface area contributed by atoms with Gasteiger partial charge in [0, 0.05) is 12.1 Å². The highest BCUT2D eigenvalue weighted by molar-refractivity contribution is 5.97. The van der Waals surface area contributed by atoms with E-state index in [4.69, 9.17) is 14.2 Å². The number of fused-ring (bicyclic) bond motifs is 1. The first kappa shape index (κ1) is 20.1. The van der Waals surface area contributed by atoms with E-state index in [1.54, 1.807) is 25.3 Å². The molecular formula is C23H26N2O5. The van der Waals surface area contributed by atoms with Gasteiger partial charge >= 0.3 is 0 Å². The molecule has 1 atom stereocenters. The van der Waals surface area contributed by atoms with E-state index in [9.17, 15) is 9.59 Å². The Bertz CT molecular complexity index is 912. The van der Waals surface area contributed by atoms with Crippen molar-refractivity contribution in [3.8, 4) is 17.2 Å². The van der Waals surface area contributed by atoms with Crippen molar-refractivity contribution >= 4 is 11.8 Å². The number of rotatable bonds is 5. The SMILES string of the molecule is COc1ccc([C@@H]2CCCCCN2C(=O)CNC(=O)c2ccc3c(c2)OCO3)cc1. The fraction of sp³-hybridized carbons (Fsp3) is 0.391. The van der Waals surface area contributed by atoms with Crippen LogP contribution >= 0.6 is 0 Å². The molecule has 0 saturated carbocycles. The quantitative estimate of drug-likeness (QED) is 0.819. The normalized spacial score (nSPS) is 17.9. The molecule has 4 rings (SSSR count). The summed E-state index contributed by atoms with van der Waals surface area (Å²) in [5.74, 6) is 1.57. The van der Waals surface area contributed by atoms with Crippen LogP contribution in [0.3, 0.4) is 0 Å². The van der Waals surface area contributed by atoms with Crippen molar-refractivity contribution in [1.29, 1.82) is 0 Å². The Morgan fingerprint density at radius 2 is 1.87 bits per heavy atom. The molecule has 0 bridgehead atoms. The van der Waals surface area contributed by atoms with E-state index in [1.807, 2.05) is 29.2 Å². The number of hydrogen-bond acceptors (Lipinski definition) is 5. The molecule has 2 aliphatic heterocycles. The third kappa shape index (κ3) is 4.35. The number of benzene rings is 2. The van der Waals surface area contributed by atoms with Gasteiger partial charge < -0.3 is 24.4 Å². The first-order valence-corrected chi connectivity index (χ1v) is 10.3. The van der Waals surface area contributed by atoms with Crippen LogP contribution in [0.5, 0.6) is 17.2 Å². The van der Waals surface area contributed by atoms with E-state index in [1.165, 1.54) is 0 Å². The molecular weight excluding hydrogens is 384 g/mol. The van der Waals surface area contributed by atoms with Gasteiger partial charge in [-0.15, -0.1) is 0 Å². The molecule has 2 heterocycles. The van der Waals surface area contributed by atoms with Crippen LogP contribution in [-0.4, -0.2) is 43.7 Å². The third-order valence-electron chi connectivity index (χ3n) is 5.61. The molecule has 7 heteroatoms. The van der Waals surface area contributed by atoms with Crippen molar-refractivity contribution in [2.45, 2.75) is 31.7 Å². The molecule has 1 saturated heterocycles. The highest BCUT2D eigenvalue weighted by atomic mass is 16.7. The molecule has 2 aromatic carbocycles. The van der Waals surface area contributed by atoms with Crippen molar-refractivity contribution in [2.24, 2.45) is 0 Å². The van der Waals surface area contributed by atoms with E-state index < -0.39 is 0 Å². The Balaban J connectivity index is 1.42. The second kappa shape index (κ2) is 9.07. The highest BCUT2D eigenvalue weighted by Gasteiger charge is 2.27. The van der Waals surface area contributed by atoms with Gasteiger partial charge in [0.2, 0.25) is 12.7 Å². The summed E-state index contributed by atoms with van der Waals surface area (Å²) >= 11 is 0. The predicted octanol–water partition coefficient (Wildman–Crippen LogP) is 3.30. The van der Waals surface area contributed by atoms with E-state index in [0.717, 1.165) is 37.0 Å². The zero-order valence-corrected chi connectivity index (χ0v) is 17.1. The first-order chi connectivity index (χ1) is 14.7. The average molecular weight is 410 g/mol. The lowest BCUT2D eigenvalue weighted by Crippen LogP contribution is -2.42. The maximum absolute atomic E-state index is 13.0. The van der Waals surface area contributed by atoms with Crippen LogP contribution in [0, 0.1) is 0 Å². The number of ether oxygens (including phenoxy) is 3. The molecule has 1 N–H and O–H groups in total. The summed E-state index contributed by atoms with van der Waals surface area (Å²) in [6.45, 7) is 0.802. The maximum atomic E-state index is 13.0. The molecule has 7 nitrogen and oxygen atoms in total. The van der Waals surface area contributed by atoms with Crippen LogP contribution in [0.4, 0.5) is 0 Å². The number of carbonyl (C=O) groups is 2. The van der Waals surface area contributed by atoms with Gasteiger partial charge in [0.15, 0.2) is 11.5 Å². The van der Waals surface area contributed by atoms with Crippen LogP contribution in [0.25, 0.3) is 0 Å². The zero-order valence-electron chi connectivity index (χ0n) is 17.1. The molecule has 0 radical (unpaired) electrons. The topological polar surface area (TPSA) is 77.1 Å². The maximum Gasteiger partial charge on any atom is 0.251 e. The number of methoxy groups -OCH3 is 1. The van der Waals surface area contributed by atoms with Crippen LogP contribution in [0.1, 0.15) is 47.6 Å². The fourth-order valence-electron chi connectivity index (χ4n) is 3.98. The molecule has 0 unspecified atom stereocenters. The minimum atomic E-state index is -0.308. The fourth-order valence-corrected chi connectivity index (χ4v) is 3.98. The second-order valence-corrected chi connectivity index (χ2v) is 7.48. The monoisotopic (exact) mass is 410 g/mol. The Hall–Kier alpha value is -3.22. The lowest BCUT2D eigenvalue weighted by molar-refractivity contribution is -0.132. The van der Waals surface area contributed by atoms with Crippen molar-refractivity contribution in [3.63, 3.8) is 0 Å². The molecule has 2 aromatic rings. The number of nitrogens with one attached hydrogen (secondary N) is 1. The van der Waals surface area contributed by atoms with Crippen molar-refractivity contribution < 1.29 is 23.8 Å². The van der Waals surface area contributed by atoms with Crippen LogP contribution in [0.2, 0.25) is 0 Å². The lowest BCUT2D eigenvalue weighted by Gasteiger charge is -2.30. The molecule has 0 aliphatic carbocycles. The third-order valence-corrected chi connectivity index (χ3v) is 5.61. The minimum absolute atomic E-state index is 0.00773. The average Bonchev–Trinajstić information content (AvgIpc) is 3.12. The minimum Gasteiger partial charge on any atom is -0.497 e. The highest BCUT2D eigenvalue weighted by Crippen LogP contribution is 2.33. The summed E-state index contributed by atoms with van der Waals surface area (Å²) in [6, 6.07) is 12.9. The standard InChI is InChI=1S/C23H26N2O5/c1-28-18-9-6-16(7-10-18)19-5-3-2-4-12-25(19)22(26)14-24-23(27)17-8-11-20-21(13-17)30-15-29-20/h6-11,13,19H,2-5,12,14-15H2,1H3,(H,24,27)/t19-/m0/s1. The Kier molecular flexibility index (Phi) is 6.07. The number of nitrogens with zero attached hydrogens (tertiary/aromatic N) is 1. The van der Waals surface area contributed by atoms with Crippen LogP contribution < -0.4 is 19.5 Å². The van der Waals surface area contributed by atoms with Crippen molar-refractivity contribution in [3.05, 3.63) is 53.6 Å². The second-order valence-electron chi connectivity index (χ2n) is 7.48. The Labute approximate surface area is 175 Å². The summed E-state index contributed by atoms with van der Waals surface area (Å²) in [5, 5.41) is 2.75. The van der Waals surface area contributed by atoms with Gasteiger partial charge in [0.05, 0.1) is 19.7 Å². The van der Waals surface area contributed by atoms with Crippen LogP contribution in [0.15, 0.2) is 42.5 Å². The number of amides is 2. The van der Waals surface area contributed by atoms with E-state index in [0.29, 0.717) is 23.6 Å². The Morgan fingerprint density at radius 1 is 1.07 bits per heavy atom. The van der Waals surface area contributed by atoms with Crippen molar-refractivity contribution in [1.82, 2.24) is 10.2 Å².